The number of carbonyl (C=O) groups excluding carboxylic acids is 2. The number of H-pyrrole nitrogens is 1. The van der Waals surface area contributed by atoms with Gasteiger partial charge in [0.25, 0.3) is 0 Å². The zero-order valence-corrected chi connectivity index (χ0v) is 48.2. The SMILES string of the molecule is CCC.CCn1nccc1-c1ccc(CNC(=O)C2CCCN2C)cc1.CO.Cc1c(F)cc2[nH]ncc2c1-c1c(Cl)c2c3c(nc(OC4CCOCC4)nc3c1OCc1ccc(/C(N)=C/N(N)CC=O)cc1)N1C3CNC(C3)C1CO2. The Bertz CT molecular complexity index is 3350. The number of hydrogen-bond donors (Lipinski definition) is 6. The number of hydrazine groups is 1. The molecule has 7 aromatic rings. The Kier molecular flexibility index (Phi) is 19.6. The largest absolute Gasteiger partial charge is 0.489 e. The molecule has 2 bridgehead atoms. The average Bonchev–Trinajstić information content (AvgIpc) is 3.65. The Morgan fingerprint density at radius 1 is 1.04 bits per heavy atom. The van der Waals surface area contributed by atoms with Crippen molar-refractivity contribution in [2.45, 2.75) is 116 Å². The van der Waals surface area contributed by atoms with E-state index in [1.165, 1.54) is 23.7 Å². The lowest BCUT2D eigenvalue weighted by atomic mass is 9.93. The summed E-state index contributed by atoms with van der Waals surface area (Å²) in [7, 11) is 3.02. The van der Waals surface area contributed by atoms with Crippen LogP contribution >= 0.6 is 11.6 Å². The standard InChI is InChI=1S/C38H39ClFN9O5.C18H24N4O.C3H8.CH4O/c1-19-25(40)13-27-24(15-44-47-27)30(19)31-33(39)35-32-34(36(31)52-17-20-2-4-21(5-3-20)26(41)16-48(42)8-9-50)45-38(54-23-6-10-51-11-7-23)46-37(32)49-22-12-28(43-14-22)29(49)18-53-35;1-3-22-16(10-11-20-22)15-8-6-14(7-9-15)13-19-18(23)17-5-4-12-21(17)2;1-3-2;1-2/h2-5,9,13,15-16,22-23,28-29,43H,6-8,10-12,14,17-18,41-42H2,1H3,(H,44,47);6-11,17H,3-5,12-13H2,1-2H3,(H,19,23);3H2,1-2H3;2H,1H3/b26-16-;;;. The van der Waals surface area contributed by atoms with E-state index in [4.69, 9.17) is 57.2 Å². The maximum absolute atomic E-state index is 15.7. The Morgan fingerprint density at radius 2 is 1.78 bits per heavy atom. The molecule has 4 fully saturated rings. The molecular weight excluding hydrogens is 1070 g/mol. The molecule has 0 saturated carbocycles. The highest BCUT2D eigenvalue weighted by molar-refractivity contribution is 6.38. The number of likely N-dealkylation sites (tertiary alicyclic amines) is 1. The number of aromatic amines is 1. The van der Waals surface area contributed by atoms with Crippen molar-refractivity contribution in [3.8, 4) is 39.9 Å². The van der Waals surface area contributed by atoms with E-state index >= 15 is 4.39 Å². The first-order valence-electron chi connectivity index (χ1n) is 28.2. The highest BCUT2D eigenvalue weighted by Gasteiger charge is 2.49. The molecule has 4 saturated heterocycles. The number of benzene rings is 4. The Balaban J connectivity index is 0.000000241. The van der Waals surface area contributed by atoms with Crippen molar-refractivity contribution in [1.82, 2.24) is 50.5 Å². The number of rotatable bonds is 15. The normalized spacial score (nSPS) is 19.2. The van der Waals surface area contributed by atoms with Crippen LogP contribution in [0.25, 0.3) is 49.9 Å². The number of aliphatic hydroxyl groups is 1. The molecule has 4 unspecified atom stereocenters. The summed E-state index contributed by atoms with van der Waals surface area (Å²) in [6.45, 7) is 12.9. The van der Waals surface area contributed by atoms with Crippen LogP contribution in [-0.4, -0.2) is 141 Å². The number of carbonyl (C=O) groups is 2. The van der Waals surface area contributed by atoms with Crippen LogP contribution in [0.2, 0.25) is 5.02 Å². The number of aliphatic hydroxyl groups excluding tert-OH is 1. The lowest BCUT2D eigenvalue weighted by molar-refractivity contribution is -0.125. The second-order valence-electron chi connectivity index (χ2n) is 20.9. The topological polar surface area (TPSA) is 249 Å². The third kappa shape index (κ3) is 12.6. The number of aryl methyl sites for hydroxylation is 1. The van der Waals surface area contributed by atoms with Crippen LogP contribution in [0.3, 0.4) is 0 Å². The maximum atomic E-state index is 15.7. The molecule has 12 rings (SSSR count). The molecule has 1 amide bonds. The number of anilines is 1. The van der Waals surface area contributed by atoms with Crippen molar-refractivity contribution in [2.75, 3.05) is 58.5 Å². The minimum absolute atomic E-state index is 0.00431. The number of ether oxygens (including phenoxy) is 4. The average molecular weight is 1140 g/mol. The van der Waals surface area contributed by atoms with Crippen LogP contribution in [0.4, 0.5) is 10.2 Å². The van der Waals surface area contributed by atoms with Gasteiger partial charge in [-0.15, -0.1) is 0 Å². The van der Waals surface area contributed by atoms with Crippen LogP contribution in [0, 0.1) is 12.7 Å². The van der Waals surface area contributed by atoms with Gasteiger partial charge >= 0.3 is 6.01 Å². The Morgan fingerprint density at radius 3 is 2.49 bits per heavy atom. The van der Waals surface area contributed by atoms with Crippen molar-refractivity contribution in [3.05, 3.63) is 112 Å². The molecule has 0 aliphatic carbocycles. The van der Waals surface area contributed by atoms with Gasteiger partial charge in [0.05, 0.1) is 65.4 Å². The monoisotopic (exact) mass is 1140 g/mol. The maximum Gasteiger partial charge on any atom is 0.319 e. The highest BCUT2D eigenvalue weighted by Crippen LogP contribution is 2.55. The molecule has 4 aromatic carbocycles. The minimum atomic E-state index is -0.434. The number of nitrogens with two attached hydrogens (primary N) is 2. The predicted octanol–water partition coefficient (Wildman–Crippen LogP) is 7.66. The van der Waals surface area contributed by atoms with E-state index in [1.54, 1.807) is 13.1 Å². The number of nitrogens with zero attached hydrogens (tertiary/aromatic N) is 8. The van der Waals surface area contributed by atoms with E-state index in [-0.39, 0.29) is 60.4 Å². The Labute approximate surface area is 482 Å². The molecule has 20 nitrogen and oxygen atoms in total. The molecular formula is C60H75ClFN13O7. The van der Waals surface area contributed by atoms with Gasteiger partial charge in [0.2, 0.25) is 5.91 Å². The number of piperazine rings is 1. The summed E-state index contributed by atoms with van der Waals surface area (Å²) >= 11 is 7.49. The van der Waals surface area contributed by atoms with Crippen molar-refractivity contribution < 1.29 is 38.0 Å². The van der Waals surface area contributed by atoms with Crippen molar-refractivity contribution in [1.29, 1.82) is 0 Å². The Hall–Kier alpha value is -7.40. The van der Waals surface area contributed by atoms with E-state index in [2.05, 4.69) is 80.8 Å². The van der Waals surface area contributed by atoms with Crippen LogP contribution in [-0.2, 0) is 34.0 Å². The van der Waals surface area contributed by atoms with Gasteiger partial charge in [0, 0.05) is 80.6 Å². The number of halogens is 2. The van der Waals surface area contributed by atoms with Gasteiger partial charge in [-0.1, -0.05) is 80.4 Å². The van der Waals surface area contributed by atoms with Gasteiger partial charge in [-0.2, -0.15) is 20.2 Å². The third-order valence-corrected chi connectivity index (χ3v) is 15.8. The van der Waals surface area contributed by atoms with Gasteiger partial charge in [-0.3, -0.25) is 19.5 Å². The first-order valence-corrected chi connectivity index (χ1v) is 28.5. The van der Waals surface area contributed by atoms with E-state index in [0.29, 0.717) is 113 Å². The van der Waals surface area contributed by atoms with E-state index < -0.39 is 5.82 Å². The predicted molar refractivity (Wildman–Crippen MR) is 316 cm³/mol. The summed E-state index contributed by atoms with van der Waals surface area (Å²) in [5, 5.41) is 27.9. The number of likely N-dealkylation sites (N-methyl/N-ethyl adjacent to an activating group) is 1. The van der Waals surface area contributed by atoms with E-state index in [0.717, 1.165) is 68.4 Å². The number of aldehydes is 1. The fraction of sp³-hybridized carbons (Fsp3) is 0.433. The molecule has 22 heteroatoms. The zero-order valence-electron chi connectivity index (χ0n) is 47.5. The second-order valence-corrected chi connectivity index (χ2v) is 21.3. The summed E-state index contributed by atoms with van der Waals surface area (Å²) in [6.07, 6.45) is 11.2. The smallest absolute Gasteiger partial charge is 0.319 e. The van der Waals surface area contributed by atoms with Crippen LogP contribution in [0.5, 0.6) is 17.5 Å². The molecule has 8 heterocycles. The van der Waals surface area contributed by atoms with Gasteiger partial charge in [0.15, 0.2) is 11.5 Å². The molecule has 0 radical (unpaired) electrons. The third-order valence-electron chi connectivity index (χ3n) is 15.4. The minimum Gasteiger partial charge on any atom is -0.489 e. The summed E-state index contributed by atoms with van der Waals surface area (Å²) < 4.78 is 43.3. The second kappa shape index (κ2) is 27.1. The van der Waals surface area contributed by atoms with Crippen molar-refractivity contribution >= 4 is 57.1 Å². The lowest BCUT2D eigenvalue weighted by Gasteiger charge is -2.35. The molecule has 5 aliphatic rings. The number of amides is 1. The summed E-state index contributed by atoms with van der Waals surface area (Å²) in [6, 6.07) is 19.9. The quantitative estimate of drug-likeness (QED) is 0.0328. The fourth-order valence-corrected chi connectivity index (χ4v) is 11.7. The lowest BCUT2D eigenvalue weighted by Crippen LogP contribution is -2.53. The van der Waals surface area contributed by atoms with Crippen LogP contribution in [0.15, 0.2) is 79.3 Å². The first kappa shape index (κ1) is 59.2. The van der Waals surface area contributed by atoms with Gasteiger partial charge in [0.1, 0.15) is 42.8 Å². The summed E-state index contributed by atoms with van der Waals surface area (Å²) in [4.78, 5) is 37.7. The summed E-state index contributed by atoms with van der Waals surface area (Å²) in [5.74, 6) is 6.95. The highest BCUT2D eigenvalue weighted by atomic mass is 35.5. The first-order chi connectivity index (χ1) is 39.9. The number of aromatic nitrogens is 6. The summed E-state index contributed by atoms with van der Waals surface area (Å²) in [5.41, 5.74) is 13.8. The number of nitrogens with one attached hydrogen (secondary N) is 3. The van der Waals surface area contributed by atoms with E-state index in [9.17, 15) is 9.59 Å². The van der Waals surface area contributed by atoms with E-state index in [1.807, 2.05) is 48.3 Å². The molecule has 4 atom stereocenters. The van der Waals surface area contributed by atoms with Gasteiger partial charge in [-0.05, 0) is 86.7 Å². The fourth-order valence-electron chi connectivity index (χ4n) is 11.3. The molecule has 0 spiro atoms. The zero-order chi connectivity index (χ0) is 58.0. The van der Waals surface area contributed by atoms with Gasteiger partial charge < -0.3 is 55.1 Å². The van der Waals surface area contributed by atoms with Gasteiger partial charge in [-0.25, -0.2) is 10.2 Å². The molecule has 82 heavy (non-hydrogen) atoms. The van der Waals surface area contributed by atoms with Crippen molar-refractivity contribution in [3.63, 3.8) is 0 Å². The molecule has 436 valence electrons. The molecule has 8 N–H and O–H groups in total. The molecule has 5 aliphatic heterocycles. The van der Waals surface area contributed by atoms with Crippen molar-refractivity contribution in [2.24, 2.45) is 11.6 Å². The molecule has 3 aromatic heterocycles. The van der Waals surface area contributed by atoms with Crippen LogP contribution < -0.4 is 41.3 Å². The number of hydrogen-bond acceptors (Lipinski definition) is 17. The number of fused-ring (bicyclic) bond motifs is 7. The van der Waals surface area contributed by atoms with Crippen LogP contribution in [0.1, 0.15) is 81.5 Å².